The molecule has 0 spiro atoms. The van der Waals surface area contributed by atoms with Gasteiger partial charge in [0, 0.05) is 6.54 Å². The monoisotopic (exact) mass is 215 g/mol. The lowest BCUT2D eigenvalue weighted by molar-refractivity contribution is -0.126. The van der Waals surface area contributed by atoms with E-state index in [2.05, 4.69) is 39.9 Å². The van der Waals surface area contributed by atoms with Gasteiger partial charge in [-0.1, -0.05) is 34.6 Å². The van der Waals surface area contributed by atoms with Crippen LogP contribution in [0.4, 0.5) is 0 Å². The van der Waals surface area contributed by atoms with E-state index in [-0.39, 0.29) is 17.9 Å². The van der Waals surface area contributed by atoms with E-state index in [1.54, 1.807) is 0 Å². The predicted octanol–water partition coefficient (Wildman–Crippen LogP) is 2.21. The van der Waals surface area contributed by atoms with Crippen LogP contribution in [0.3, 0.4) is 0 Å². The average Bonchev–Trinajstić information content (AvgIpc) is 2.00. The highest BCUT2D eigenvalue weighted by Crippen LogP contribution is 2.12. The van der Waals surface area contributed by atoms with Gasteiger partial charge in [0.25, 0.3) is 0 Å². The summed E-state index contributed by atoms with van der Waals surface area (Å²) in [5, 5.41) is 2.84. The second kappa shape index (κ2) is 6.83. The van der Waals surface area contributed by atoms with Crippen LogP contribution in [0.2, 0.25) is 0 Å². The van der Waals surface area contributed by atoms with Crippen molar-refractivity contribution in [1.82, 2.24) is 5.32 Å². The molecule has 0 atom stereocenters. The Balaban J connectivity index is 3.42. The molecule has 0 heterocycles. The molecular formula is C12H25NO2. The lowest BCUT2D eigenvalue weighted by atomic mass is 9.99. The van der Waals surface area contributed by atoms with Crippen LogP contribution in [0.15, 0.2) is 0 Å². The summed E-state index contributed by atoms with van der Waals surface area (Å²) in [5.74, 6) is 0.612. The fourth-order valence-electron chi connectivity index (χ4n) is 1.00. The number of nitrogens with one attached hydrogen (secondary N) is 1. The molecule has 0 rings (SSSR count). The van der Waals surface area contributed by atoms with E-state index >= 15 is 0 Å². The Hall–Kier alpha value is -0.570. The van der Waals surface area contributed by atoms with Gasteiger partial charge in [-0.15, -0.1) is 0 Å². The first-order valence-corrected chi connectivity index (χ1v) is 5.66. The van der Waals surface area contributed by atoms with Crippen LogP contribution in [0.25, 0.3) is 0 Å². The Kier molecular flexibility index (Phi) is 6.57. The maximum atomic E-state index is 11.3. The molecule has 0 unspecified atom stereocenters. The van der Waals surface area contributed by atoms with E-state index in [4.69, 9.17) is 4.74 Å². The first kappa shape index (κ1) is 14.4. The first-order chi connectivity index (χ1) is 6.81. The van der Waals surface area contributed by atoms with Crippen molar-refractivity contribution in [2.75, 3.05) is 19.8 Å². The van der Waals surface area contributed by atoms with E-state index in [9.17, 15) is 4.79 Å². The van der Waals surface area contributed by atoms with Crippen molar-refractivity contribution in [2.45, 2.75) is 41.0 Å². The molecule has 1 amide bonds. The quantitative estimate of drug-likeness (QED) is 0.737. The molecule has 0 aliphatic carbocycles. The smallest absolute Gasteiger partial charge is 0.245 e. The number of carbonyl (C=O) groups is 1. The standard InChI is InChI=1S/C12H25NO2/c1-10(2)6-7-13-11(14)8-15-9-12(3,4)5/h10H,6-9H2,1-5H3,(H,13,14). The SMILES string of the molecule is CC(C)CCNC(=O)COCC(C)(C)C. The van der Waals surface area contributed by atoms with Crippen LogP contribution >= 0.6 is 0 Å². The topological polar surface area (TPSA) is 38.3 Å². The minimum absolute atomic E-state index is 0.0140. The summed E-state index contributed by atoms with van der Waals surface area (Å²) in [4.78, 5) is 11.3. The minimum Gasteiger partial charge on any atom is -0.371 e. The Morgan fingerprint density at radius 3 is 2.40 bits per heavy atom. The Labute approximate surface area is 93.6 Å². The minimum atomic E-state index is -0.0140. The van der Waals surface area contributed by atoms with Crippen molar-refractivity contribution in [1.29, 1.82) is 0 Å². The van der Waals surface area contributed by atoms with E-state index in [1.807, 2.05) is 0 Å². The maximum absolute atomic E-state index is 11.3. The van der Waals surface area contributed by atoms with Crippen molar-refractivity contribution >= 4 is 5.91 Å². The summed E-state index contributed by atoms with van der Waals surface area (Å²) in [6.07, 6.45) is 1.02. The Morgan fingerprint density at radius 1 is 1.33 bits per heavy atom. The van der Waals surface area contributed by atoms with Gasteiger partial charge >= 0.3 is 0 Å². The van der Waals surface area contributed by atoms with Crippen molar-refractivity contribution < 1.29 is 9.53 Å². The number of carbonyl (C=O) groups excluding carboxylic acids is 1. The summed E-state index contributed by atoms with van der Waals surface area (Å²) in [5.41, 5.74) is 0.123. The number of ether oxygens (including phenoxy) is 1. The summed E-state index contributed by atoms with van der Waals surface area (Å²) in [6, 6.07) is 0. The van der Waals surface area contributed by atoms with Gasteiger partial charge in [0.15, 0.2) is 0 Å². The molecule has 15 heavy (non-hydrogen) atoms. The van der Waals surface area contributed by atoms with Crippen molar-refractivity contribution in [3.05, 3.63) is 0 Å². The lowest BCUT2D eigenvalue weighted by Gasteiger charge is -2.17. The third kappa shape index (κ3) is 11.4. The molecule has 0 aliphatic rings. The molecule has 3 nitrogen and oxygen atoms in total. The third-order valence-corrected chi connectivity index (χ3v) is 1.81. The van der Waals surface area contributed by atoms with E-state index in [0.29, 0.717) is 12.5 Å². The van der Waals surface area contributed by atoms with Crippen molar-refractivity contribution in [3.63, 3.8) is 0 Å². The highest BCUT2D eigenvalue weighted by molar-refractivity contribution is 5.77. The van der Waals surface area contributed by atoms with Gasteiger partial charge < -0.3 is 10.1 Å². The number of hydrogen-bond acceptors (Lipinski definition) is 2. The van der Waals surface area contributed by atoms with E-state index in [1.165, 1.54) is 0 Å². The molecular weight excluding hydrogens is 190 g/mol. The fraction of sp³-hybridized carbons (Fsp3) is 0.917. The van der Waals surface area contributed by atoms with Crippen LogP contribution in [0.5, 0.6) is 0 Å². The molecule has 3 heteroatoms. The third-order valence-electron chi connectivity index (χ3n) is 1.81. The molecule has 0 aromatic carbocycles. The normalized spacial score (nSPS) is 11.9. The van der Waals surface area contributed by atoms with Crippen LogP contribution in [-0.2, 0) is 9.53 Å². The van der Waals surface area contributed by atoms with Crippen LogP contribution < -0.4 is 5.32 Å². The molecule has 90 valence electrons. The Bertz CT molecular complexity index is 183. The highest BCUT2D eigenvalue weighted by Gasteiger charge is 2.11. The number of rotatable bonds is 6. The zero-order valence-electron chi connectivity index (χ0n) is 10.7. The number of amides is 1. The highest BCUT2D eigenvalue weighted by atomic mass is 16.5. The molecule has 0 aliphatic heterocycles. The zero-order valence-corrected chi connectivity index (χ0v) is 10.7. The largest absolute Gasteiger partial charge is 0.371 e. The fourth-order valence-corrected chi connectivity index (χ4v) is 1.00. The molecule has 0 bridgehead atoms. The first-order valence-electron chi connectivity index (χ1n) is 5.66. The zero-order chi connectivity index (χ0) is 11.9. The van der Waals surface area contributed by atoms with Crippen LogP contribution in [0.1, 0.15) is 41.0 Å². The molecule has 1 N–H and O–H groups in total. The van der Waals surface area contributed by atoms with E-state index in [0.717, 1.165) is 13.0 Å². The van der Waals surface area contributed by atoms with Gasteiger partial charge in [-0.3, -0.25) is 4.79 Å². The van der Waals surface area contributed by atoms with Crippen LogP contribution in [0, 0.1) is 11.3 Å². The van der Waals surface area contributed by atoms with Gasteiger partial charge in [0.1, 0.15) is 6.61 Å². The Morgan fingerprint density at radius 2 is 1.93 bits per heavy atom. The summed E-state index contributed by atoms with van der Waals surface area (Å²) < 4.78 is 5.31. The second-order valence-corrected chi connectivity index (χ2v) is 5.59. The van der Waals surface area contributed by atoms with Gasteiger partial charge in [-0.05, 0) is 17.8 Å². The van der Waals surface area contributed by atoms with Crippen molar-refractivity contribution in [2.24, 2.45) is 11.3 Å². The van der Waals surface area contributed by atoms with Gasteiger partial charge in [0.2, 0.25) is 5.91 Å². The van der Waals surface area contributed by atoms with Gasteiger partial charge in [-0.25, -0.2) is 0 Å². The summed E-state index contributed by atoms with van der Waals surface area (Å²) >= 11 is 0. The van der Waals surface area contributed by atoms with Crippen molar-refractivity contribution in [3.8, 4) is 0 Å². The molecule has 0 saturated carbocycles. The lowest BCUT2D eigenvalue weighted by Crippen LogP contribution is -2.30. The molecule has 0 fully saturated rings. The molecule has 0 radical (unpaired) electrons. The summed E-state index contributed by atoms with van der Waals surface area (Å²) in [6.45, 7) is 12.1. The van der Waals surface area contributed by atoms with Gasteiger partial charge in [-0.2, -0.15) is 0 Å². The maximum Gasteiger partial charge on any atom is 0.245 e. The van der Waals surface area contributed by atoms with E-state index < -0.39 is 0 Å². The molecule has 0 saturated heterocycles. The predicted molar refractivity (Wildman–Crippen MR) is 62.7 cm³/mol. The molecule has 0 aromatic heterocycles. The van der Waals surface area contributed by atoms with Crippen LogP contribution in [-0.4, -0.2) is 25.7 Å². The molecule has 0 aromatic rings. The average molecular weight is 215 g/mol. The number of hydrogen-bond donors (Lipinski definition) is 1. The van der Waals surface area contributed by atoms with Gasteiger partial charge in [0.05, 0.1) is 6.61 Å². The summed E-state index contributed by atoms with van der Waals surface area (Å²) in [7, 11) is 0. The second-order valence-electron chi connectivity index (χ2n) is 5.59.